The van der Waals surface area contributed by atoms with Gasteiger partial charge in [-0.1, -0.05) is 12.1 Å². The molecular formula is C23H22F6N4O5. The van der Waals surface area contributed by atoms with E-state index in [9.17, 15) is 26.3 Å². The van der Waals surface area contributed by atoms with Crippen LogP contribution in [0.2, 0.25) is 0 Å². The van der Waals surface area contributed by atoms with Crippen LogP contribution in [0.1, 0.15) is 11.4 Å². The maximum Gasteiger partial charge on any atom is 0.490 e. The number of pyridine rings is 1. The van der Waals surface area contributed by atoms with Crippen molar-refractivity contribution in [2.75, 3.05) is 13.7 Å². The maximum atomic E-state index is 10.6. The number of alkyl halides is 6. The Balaban J connectivity index is 0.000000301. The predicted octanol–water partition coefficient (Wildman–Crippen LogP) is 4.24. The van der Waals surface area contributed by atoms with Crippen molar-refractivity contribution in [1.82, 2.24) is 19.4 Å². The van der Waals surface area contributed by atoms with Crippen LogP contribution in [0.3, 0.4) is 0 Å². The lowest BCUT2D eigenvalue weighted by molar-refractivity contribution is -0.193. The second-order valence-corrected chi connectivity index (χ2v) is 7.62. The number of rotatable bonds is 4. The first-order valence-corrected chi connectivity index (χ1v) is 10.6. The van der Waals surface area contributed by atoms with Crippen molar-refractivity contribution in [2.24, 2.45) is 0 Å². The second-order valence-electron chi connectivity index (χ2n) is 7.62. The van der Waals surface area contributed by atoms with Crippen LogP contribution in [0.25, 0.3) is 11.3 Å². The van der Waals surface area contributed by atoms with E-state index in [0.29, 0.717) is 0 Å². The Hall–Kier alpha value is -4.14. The highest BCUT2D eigenvalue weighted by Gasteiger charge is 2.38. The molecule has 3 heterocycles. The molecular weight excluding hydrogens is 526 g/mol. The van der Waals surface area contributed by atoms with Gasteiger partial charge in [0.05, 0.1) is 25.5 Å². The minimum Gasteiger partial charge on any atom is -0.497 e. The fraction of sp³-hybridized carbons (Fsp3) is 0.304. The minimum absolute atomic E-state index is 0.867. The SMILES string of the molecule is COc1ccc(CN2CCn3c(-c4cccnc4)cnc3C2)cc1.O=C(O)C(F)(F)F.O=C(O)C(F)(F)F. The molecule has 4 rings (SSSR count). The second kappa shape index (κ2) is 12.9. The number of benzene rings is 1. The molecule has 2 aromatic heterocycles. The van der Waals surface area contributed by atoms with Crippen LogP contribution in [-0.2, 0) is 29.2 Å². The van der Waals surface area contributed by atoms with Crippen LogP contribution < -0.4 is 4.74 Å². The monoisotopic (exact) mass is 548 g/mol. The van der Waals surface area contributed by atoms with E-state index in [-0.39, 0.29) is 0 Å². The highest BCUT2D eigenvalue weighted by atomic mass is 19.4. The fourth-order valence-electron chi connectivity index (χ4n) is 3.18. The van der Waals surface area contributed by atoms with Crippen LogP contribution in [-0.4, -0.2) is 67.6 Å². The first kappa shape index (κ1) is 30.1. The molecule has 9 nitrogen and oxygen atoms in total. The number of hydrogen-bond donors (Lipinski definition) is 2. The van der Waals surface area contributed by atoms with Gasteiger partial charge in [0, 0.05) is 37.6 Å². The highest BCUT2D eigenvalue weighted by Crippen LogP contribution is 2.24. The molecule has 0 radical (unpaired) electrons. The summed E-state index contributed by atoms with van der Waals surface area (Å²) < 4.78 is 71.0. The van der Waals surface area contributed by atoms with Crippen molar-refractivity contribution in [2.45, 2.75) is 32.0 Å². The third-order valence-electron chi connectivity index (χ3n) is 4.95. The van der Waals surface area contributed by atoms with Crippen LogP contribution in [0.15, 0.2) is 55.0 Å². The number of fused-ring (bicyclic) bond motifs is 1. The smallest absolute Gasteiger partial charge is 0.490 e. The number of methoxy groups -OCH3 is 1. The molecule has 0 atom stereocenters. The number of aliphatic carboxylic acids is 2. The van der Waals surface area contributed by atoms with Gasteiger partial charge in [0.2, 0.25) is 0 Å². The molecule has 1 aromatic carbocycles. The van der Waals surface area contributed by atoms with E-state index in [4.69, 9.17) is 24.5 Å². The number of carboxylic acid groups (broad SMARTS) is 2. The van der Waals surface area contributed by atoms with Gasteiger partial charge >= 0.3 is 24.3 Å². The summed E-state index contributed by atoms with van der Waals surface area (Å²) in [7, 11) is 1.69. The molecule has 0 saturated heterocycles. The summed E-state index contributed by atoms with van der Waals surface area (Å²) in [6.45, 7) is 3.77. The lowest BCUT2D eigenvalue weighted by Gasteiger charge is -2.28. The van der Waals surface area contributed by atoms with Crippen molar-refractivity contribution < 1.29 is 50.9 Å². The highest BCUT2D eigenvalue weighted by molar-refractivity contribution is 5.73. The van der Waals surface area contributed by atoms with Gasteiger partial charge in [-0.2, -0.15) is 26.3 Å². The predicted molar refractivity (Wildman–Crippen MR) is 120 cm³/mol. The van der Waals surface area contributed by atoms with E-state index in [2.05, 4.69) is 37.6 Å². The van der Waals surface area contributed by atoms with Crippen LogP contribution in [0, 0.1) is 0 Å². The summed E-state index contributed by atoms with van der Waals surface area (Å²) in [5.41, 5.74) is 3.57. The summed E-state index contributed by atoms with van der Waals surface area (Å²) in [6, 6.07) is 12.3. The first-order chi connectivity index (χ1) is 17.7. The summed E-state index contributed by atoms with van der Waals surface area (Å²) in [6.07, 6.45) is -4.51. The van der Waals surface area contributed by atoms with Gasteiger partial charge in [0.25, 0.3) is 0 Å². The zero-order valence-corrected chi connectivity index (χ0v) is 19.7. The summed E-state index contributed by atoms with van der Waals surface area (Å²) >= 11 is 0. The zero-order chi connectivity index (χ0) is 28.5. The van der Waals surface area contributed by atoms with Gasteiger partial charge in [-0.15, -0.1) is 0 Å². The van der Waals surface area contributed by atoms with E-state index in [1.54, 1.807) is 13.3 Å². The number of aromatic nitrogens is 3. The molecule has 38 heavy (non-hydrogen) atoms. The van der Waals surface area contributed by atoms with Gasteiger partial charge in [0.1, 0.15) is 11.6 Å². The van der Waals surface area contributed by atoms with Gasteiger partial charge in [0.15, 0.2) is 0 Å². The number of ether oxygens (including phenoxy) is 1. The lowest BCUT2D eigenvalue weighted by Crippen LogP contribution is -2.33. The lowest BCUT2D eigenvalue weighted by atomic mass is 10.2. The van der Waals surface area contributed by atoms with Crippen molar-refractivity contribution in [3.63, 3.8) is 0 Å². The average molecular weight is 548 g/mol. The van der Waals surface area contributed by atoms with Crippen molar-refractivity contribution in [3.05, 3.63) is 66.4 Å². The van der Waals surface area contributed by atoms with Crippen molar-refractivity contribution in [1.29, 1.82) is 0 Å². The quantitative estimate of drug-likeness (QED) is 0.465. The summed E-state index contributed by atoms with van der Waals surface area (Å²) in [5, 5.41) is 14.2. The third-order valence-corrected chi connectivity index (χ3v) is 4.95. The number of nitrogens with zero attached hydrogens (tertiary/aromatic N) is 4. The molecule has 206 valence electrons. The number of imidazole rings is 1. The minimum atomic E-state index is -5.08. The summed E-state index contributed by atoms with van der Waals surface area (Å²) in [5.74, 6) is -3.50. The largest absolute Gasteiger partial charge is 0.497 e. The molecule has 0 aliphatic carbocycles. The molecule has 0 bridgehead atoms. The Kier molecular flexibility index (Phi) is 10.2. The van der Waals surface area contributed by atoms with E-state index < -0.39 is 24.3 Å². The Labute approximate surface area is 211 Å². The van der Waals surface area contributed by atoms with E-state index >= 15 is 0 Å². The van der Waals surface area contributed by atoms with Crippen molar-refractivity contribution >= 4 is 11.9 Å². The van der Waals surface area contributed by atoms with Gasteiger partial charge in [-0.3, -0.25) is 9.88 Å². The first-order valence-electron chi connectivity index (χ1n) is 10.6. The molecule has 0 amide bonds. The number of carboxylic acids is 2. The van der Waals surface area contributed by atoms with Gasteiger partial charge in [-0.25, -0.2) is 14.6 Å². The fourth-order valence-corrected chi connectivity index (χ4v) is 3.18. The molecule has 2 N–H and O–H groups in total. The van der Waals surface area contributed by atoms with E-state index in [1.807, 2.05) is 30.6 Å². The van der Waals surface area contributed by atoms with E-state index in [1.165, 1.54) is 5.56 Å². The molecule has 15 heteroatoms. The van der Waals surface area contributed by atoms with Crippen LogP contribution in [0.5, 0.6) is 5.75 Å². The maximum absolute atomic E-state index is 10.6. The average Bonchev–Trinajstić information content (AvgIpc) is 3.28. The number of carbonyl (C=O) groups is 2. The van der Waals surface area contributed by atoms with Gasteiger partial charge < -0.3 is 19.5 Å². The molecule has 0 saturated carbocycles. The standard InChI is InChI=1S/C19H20N4O.2C2HF3O2/c1-24-17-6-4-15(5-7-17)13-22-9-10-23-18(12-21-19(23)14-22)16-3-2-8-20-11-16;2*3-2(4,5)1(6)7/h2-8,11-12H,9-10,13-14H2,1H3;2*(H,6,7). The normalized spacial score (nSPS) is 13.2. The Morgan fingerprint density at radius 3 is 2.00 bits per heavy atom. The third kappa shape index (κ3) is 9.06. The molecule has 0 spiro atoms. The molecule has 0 fully saturated rings. The number of hydrogen-bond acceptors (Lipinski definition) is 6. The van der Waals surface area contributed by atoms with Crippen molar-refractivity contribution in [3.8, 4) is 17.0 Å². The molecule has 0 unspecified atom stereocenters. The summed E-state index contributed by atoms with van der Waals surface area (Å²) in [4.78, 5) is 29.1. The Morgan fingerprint density at radius 2 is 1.53 bits per heavy atom. The molecule has 1 aliphatic heterocycles. The van der Waals surface area contributed by atoms with Crippen LogP contribution in [0.4, 0.5) is 26.3 Å². The topological polar surface area (TPSA) is 118 Å². The zero-order valence-electron chi connectivity index (χ0n) is 19.7. The van der Waals surface area contributed by atoms with Gasteiger partial charge in [-0.05, 0) is 29.8 Å². The Morgan fingerprint density at radius 1 is 0.947 bits per heavy atom. The van der Waals surface area contributed by atoms with E-state index in [0.717, 1.165) is 49.0 Å². The Bertz CT molecular complexity index is 1170. The van der Waals surface area contributed by atoms with Crippen LogP contribution >= 0.6 is 0 Å². The molecule has 1 aliphatic rings. The molecule has 3 aromatic rings. The number of halogens is 6.